The SMILES string of the molecule is Bc1cc(C(=O)N(C)CCOC)ccc1-n1nc(-c2cccnc2)c2c1-c1sc(NC(=O)OC)nc1CC2. The zero-order chi connectivity index (χ0) is 26.8. The molecule has 194 valence electrons. The van der Waals surface area contributed by atoms with E-state index >= 15 is 0 Å². The molecular weight excluding hydrogens is 503 g/mol. The van der Waals surface area contributed by atoms with Crippen LogP contribution in [0.5, 0.6) is 0 Å². The summed E-state index contributed by atoms with van der Waals surface area (Å²) in [6, 6.07) is 9.53. The smallest absolute Gasteiger partial charge is 0.413 e. The van der Waals surface area contributed by atoms with Crippen molar-refractivity contribution in [2.24, 2.45) is 0 Å². The molecule has 1 aromatic carbocycles. The lowest BCUT2D eigenvalue weighted by atomic mass is 9.91. The lowest BCUT2D eigenvalue weighted by molar-refractivity contribution is 0.0744. The van der Waals surface area contributed by atoms with Gasteiger partial charge in [-0.15, -0.1) is 0 Å². The lowest BCUT2D eigenvalue weighted by Gasteiger charge is -2.18. The summed E-state index contributed by atoms with van der Waals surface area (Å²) >= 11 is 1.39. The fourth-order valence-corrected chi connectivity index (χ4v) is 5.60. The molecule has 1 aliphatic rings. The Morgan fingerprint density at radius 2 is 2.08 bits per heavy atom. The Hall–Kier alpha value is -4.03. The average molecular weight is 530 g/mol. The number of rotatable bonds is 7. The Morgan fingerprint density at radius 1 is 1.24 bits per heavy atom. The number of carbonyl (C=O) groups excluding carboxylic acids is 2. The van der Waals surface area contributed by atoms with Gasteiger partial charge in [-0.05, 0) is 37.1 Å². The molecule has 3 heterocycles. The van der Waals surface area contributed by atoms with Gasteiger partial charge in [0.25, 0.3) is 5.91 Å². The number of methoxy groups -OCH3 is 2. The number of hydrogen-bond donors (Lipinski definition) is 1. The maximum Gasteiger partial charge on any atom is 0.413 e. The first-order valence-electron chi connectivity index (χ1n) is 12.1. The number of ether oxygens (including phenoxy) is 2. The largest absolute Gasteiger partial charge is 0.453 e. The molecule has 0 aliphatic heterocycles. The highest BCUT2D eigenvalue weighted by Gasteiger charge is 2.30. The second kappa shape index (κ2) is 10.8. The molecule has 5 rings (SSSR count). The van der Waals surface area contributed by atoms with Gasteiger partial charge in [-0.1, -0.05) is 22.9 Å². The van der Waals surface area contributed by atoms with E-state index in [9.17, 15) is 9.59 Å². The molecule has 1 N–H and O–H groups in total. The van der Waals surface area contributed by atoms with Gasteiger partial charge < -0.3 is 14.4 Å². The van der Waals surface area contributed by atoms with Crippen LogP contribution in [0, 0.1) is 0 Å². The van der Waals surface area contributed by atoms with Crippen molar-refractivity contribution < 1.29 is 19.1 Å². The van der Waals surface area contributed by atoms with Crippen LogP contribution in [0.15, 0.2) is 42.7 Å². The summed E-state index contributed by atoms with van der Waals surface area (Å²) in [4.78, 5) is 36.3. The topological polar surface area (TPSA) is 111 Å². The zero-order valence-corrected chi connectivity index (χ0v) is 22.5. The number of aryl methyl sites for hydroxylation is 1. The van der Waals surface area contributed by atoms with E-state index in [2.05, 4.69) is 15.3 Å². The molecule has 3 aromatic heterocycles. The van der Waals surface area contributed by atoms with Crippen molar-refractivity contribution in [1.29, 1.82) is 0 Å². The van der Waals surface area contributed by atoms with Gasteiger partial charge in [0.2, 0.25) is 0 Å². The first-order chi connectivity index (χ1) is 18.4. The molecule has 0 bridgehead atoms. The Kier molecular flexibility index (Phi) is 7.25. The number of benzene rings is 1. The van der Waals surface area contributed by atoms with E-state index in [1.54, 1.807) is 25.3 Å². The van der Waals surface area contributed by atoms with E-state index in [-0.39, 0.29) is 5.91 Å². The predicted molar refractivity (Wildman–Crippen MR) is 148 cm³/mol. The second-order valence-electron chi connectivity index (χ2n) is 8.96. The highest BCUT2D eigenvalue weighted by atomic mass is 32.1. The molecule has 0 spiro atoms. The quantitative estimate of drug-likeness (QED) is 0.365. The van der Waals surface area contributed by atoms with Crippen LogP contribution >= 0.6 is 11.3 Å². The highest BCUT2D eigenvalue weighted by molar-refractivity contribution is 7.19. The van der Waals surface area contributed by atoms with E-state index in [0.29, 0.717) is 23.8 Å². The minimum atomic E-state index is -0.563. The summed E-state index contributed by atoms with van der Waals surface area (Å²) in [6.07, 6.45) is 4.45. The van der Waals surface area contributed by atoms with Gasteiger partial charge in [0.05, 0.1) is 41.4 Å². The van der Waals surface area contributed by atoms with Gasteiger partial charge in [0.15, 0.2) is 5.13 Å². The van der Waals surface area contributed by atoms with Crippen molar-refractivity contribution >= 4 is 41.8 Å². The first kappa shape index (κ1) is 25.6. The monoisotopic (exact) mass is 530 g/mol. The Morgan fingerprint density at radius 3 is 2.79 bits per heavy atom. The third-order valence-corrected chi connectivity index (χ3v) is 7.51. The minimum Gasteiger partial charge on any atom is -0.453 e. The van der Waals surface area contributed by atoms with Crippen LogP contribution in [0.3, 0.4) is 0 Å². The van der Waals surface area contributed by atoms with Crippen molar-refractivity contribution in [2.45, 2.75) is 12.8 Å². The third kappa shape index (κ3) is 4.80. The molecule has 0 fully saturated rings. The molecular formula is C26H27BN6O4S. The number of carbonyl (C=O) groups is 2. The summed E-state index contributed by atoms with van der Waals surface area (Å²) in [7, 11) is 6.67. The third-order valence-electron chi connectivity index (χ3n) is 6.49. The van der Waals surface area contributed by atoms with Crippen molar-refractivity contribution in [2.75, 3.05) is 39.7 Å². The molecule has 0 saturated carbocycles. The highest BCUT2D eigenvalue weighted by Crippen LogP contribution is 2.43. The fraction of sp³-hybridized carbons (Fsp3) is 0.269. The summed E-state index contributed by atoms with van der Waals surface area (Å²) < 4.78 is 11.8. The lowest BCUT2D eigenvalue weighted by Crippen LogP contribution is -2.30. The number of nitrogens with zero attached hydrogens (tertiary/aromatic N) is 5. The zero-order valence-electron chi connectivity index (χ0n) is 21.6. The van der Waals surface area contributed by atoms with Gasteiger partial charge in [-0.25, -0.2) is 14.5 Å². The van der Waals surface area contributed by atoms with Gasteiger partial charge >= 0.3 is 6.09 Å². The van der Waals surface area contributed by atoms with Crippen LogP contribution in [-0.4, -0.2) is 78.9 Å². The Bertz CT molecular complexity index is 1500. The van der Waals surface area contributed by atoms with Crippen LogP contribution in [0.1, 0.15) is 21.6 Å². The maximum atomic E-state index is 12.9. The summed E-state index contributed by atoms with van der Waals surface area (Å²) in [5.74, 6) is -0.0708. The Labute approximate surface area is 225 Å². The van der Waals surface area contributed by atoms with Crippen LogP contribution in [0.2, 0.25) is 0 Å². The molecule has 0 atom stereocenters. The summed E-state index contributed by atoms with van der Waals surface area (Å²) in [6.45, 7) is 0.979. The molecule has 12 heteroatoms. The standard InChI is InChI=1S/C26H27BN6O4S/c1-32(11-12-36-2)24(34)15-6-9-20(18(27)13-15)33-22-17(21(31-33)16-5-4-10-28-14-16)7-8-19-23(22)38-25(29-19)30-26(35)37-3/h4-6,9-10,13-14H,7-8,11-12,27H2,1-3H3,(H,29,30,35). The van der Waals surface area contributed by atoms with E-state index in [1.807, 2.05) is 49.1 Å². The molecule has 10 nitrogen and oxygen atoms in total. The minimum absolute atomic E-state index is 0.0708. The Balaban J connectivity index is 1.61. The van der Waals surface area contributed by atoms with Gasteiger partial charge in [0, 0.05) is 49.8 Å². The van der Waals surface area contributed by atoms with Crippen LogP contribution in [-0.2, 0) is 22.3 Å². The number of pyridine rings is 1. The molecule has 2 amide bonds. The average Bonchev–Trinajstić information content (AvgIpc) is 3.52. The first-order valence-corrected chi connectivity index (χ1v) is 13.0. The van der Waals surface area contributed by atoms with E-state index in [4.69, 9.17) is 14.6 Å². The van der Waals surface area contributed by atoms with Crippen LogP contribution in [0.4, 0.5) is 9.93 Å². The van der Waals surface area contributed by atoms with E-state index < -0.39 is 6.09 Å². The van der Waals surface area contributed by atoms with Crippen LogP contribution in [0.25, 0.3) is 27.5 Å². The number of likely N-dealkylation sites (N-methyl/N-ethyl adjacent to an activating group) is 1. The number of amides is 2. The van der Waals surface area contributed by atoms with Gasteiger partial charge in [-0.2, -0.15) is 5.10 Å². The van der Waals surface area contributed by atoms with Crippen molar-refractivity contribution in [3.05, 3.63) is 59.5 Å². The predicted octanol–water partition coefficient (Wildman–Crippen LogP) is 2.31. The van der Waals surface area contributed by atoms with Gasteiger partial charge in [0.1, 0.15) is 7.85 Å². The van der Waals surface area contributed by atoms with E-state index in [0.717, 1.165) is 57.1 Å². The number of fused-ring (bicyclic) bond motifs is 3. The van der Waals surface area contributed by atoms with Crippen molar-refractivity contribution in [3.8, 4) is 27.5 Å². The molecule has 0 radical (unpaired) electrons. The molecule has 38 heavy (non-hydrogen) atoms. The number of thiazole rings is 1. The summed E-state index contributed by atoms with van der Waals surface area (Å²) in [5, 5.41) is 8.22. The number of hydrogen-bond acceptors (Lipinski definition) is 8. The van der Waals surface area contributed by atoms with Gasteiger partial charge in [-0.3, -0.25) is 15.1 Å². The molecule has 1 aliphatic carbocycles. The maximum absolute atomic E-state index is 12.9. The molecule has 4 aromatic rings. The van der Waals surface area contributed by atoms with Crippen LogP contribution < -0.4 is 10.8 Å². The normalized spacial score (nSPS) is 12.0. The second-order valence-corrected chi connectivity index (χ2v) is 9.96. The number of nitrogens with one attached hydrogen (secondary N) is 1. The number of anilines is 1. The van der Waals surface area contributed by atoms with Crippen molar-refractivity contribution in [3.63, 3.8) is 0 Å². The molecule has 0 unspecified atom stereocenters. The van der Waals surface area contributed by atoms with Crippen molar-refractivity contribution in [1.82, 2.24) is 24.6 Å². The fourth-order valence-electron chi connectivity index (χ4n) is 4.55. The van der Waals surface area contributed by atoms with E-state index in [1.165, 1.54) is 18.4 Å². The number of aromatic nitrogens is 4. The molecule has 0 saturated heterocycles. The summed E-state index contributed by atoms with van der Waals surface area (Å²) in [5.41, 5.74) is 7.07.